The monoisotopic (exact) mass is 175 g/mol. The van der Waals surface area contributed by atoms with Crippen LogP contribution in [0.3, 0.4) is 0 Å². The molecule has 0 aliphatic carbocycles. The summed E-state index contributed by atoms with van der Waals surface area (Å²) in [6, 6.07) is -0.713. The minimum atomic E-state index is -0.931. The van der Waals surface area contributed by atoms with E-state index < -0.39 is 12.0 Å². The summed E-state index contributed by atoms with van der Waals surface area (Å²) in [4.78, 5) is 19.5. The quantitative estimate of drug-likeness (QED) is 0.645. The molecule has 0 fully saturated rings. The Morgan fingerprint density at radius 1 is 1.25 bits per heavy atom. The highest BCUT2D eigenvalue weighted by atomic mass is 16.4. The van der Waals surface area contributed by atoms with Gasteiger partial charge in [-0.25, -0.2) is 0 Å². The number of ketones is 1. The van der Waals surface area contributed by atoms with Crippen molar-refractivity contribution in [3.05, 3.63) is 0 Å². The standard InChI is InChI=1S/C5H11NO2.C3H6O/c1-3(2)4(6)5(7)8;1-3(2)4/h3-4H,6H2,1-2H3,(H,7,8);1-2H3/t4-;/m1./s1. The van der Waals surface area contributed by atoms with Gasteiger partial charge in [0.25, 0.3) is 0 Å². The summed E-state index contributed by atoms with van der Waals surface area (Å²) in [5.74, 6) is -0.743. The van der Waals surface area contributed by atoms with Crippen LogP contribution in [0.25, 0.3) is 0 Å². The zero-order valence-electron chi connectivity index (χ0n) is 8.00. The fraction of sp³-hybridized carbons (Fsp3) is 0.750. The Morgan fingerprint density at radius 2 is 1.50 bits per heavy atom. The number of carboxylic acids is 1. The molecule has 0 aromatic carbocycles. The number of nitrogens with two attached hydrogens (primary N) is 1. The van der Waals surface area contributed by atoms with Gasteiger partial charge in [-0.2, -0.15) is 0 Å². The molecule has 0 heterocycles. The largest absolute Gasteiger partial charge is 0.480 e. The number of carbonyl (C=O) groups is 2. The van der Waals surface area contributed by atoms with Gasteiger partial charge in [0.1, 0.15) is 11.8 Å². The molecule has 0 unspecified atom stereocenters. The van der Waals surface area contributed by atoms with Crippen molar-refractivity contribution in [3.63, 3.8) is 0 Å². The van der Waals surface area contributed by atoms with Gasteiger partial charge in [0, 0.05) is 0 Å². The first kappa shape index (κ1) is 13.7. The Balaban J connectivity index is 0. The van der Waals surface area contributed by atoms with Gasteiger partial charge in [0.05, 0.1) is 0 Å². The van der Waals surface area contributed by atoms with E-state index >= 15 is 0 Å². The highest BCUT2D eigenvalue weighted by Crippen LogP contribution is 1.96. The lowest BCUT2D eigenvalue weighted by Gasteiger charge is -2.07. The van der Waals surface area contributed by atoms with Gasteiger partial charge >= 0.3 is 5.97 Å². The van der Waals surface area contributed by atoms with E-state index in [4.69, 9.17) is 10.8 Å². The van der Waals surface area contributed by atoms with Gasteiger partial charge in [-0.1, -0.05) is 13.8 Å². The number of hydrogen-bond donors (Lipinski definition) is 2. The van der Waals surface area contributed by atoms with Crippen LogP contribution in [0.1, 0.15) is 27.7 Å². The maximum Gasteiger partial charge on any atom is 0.320 e. The lowest BCUT2D eigenvalue weighted by atomic mass is 10.1. The van der Waals surface area contributed by atoms with Crippen molar-refractivity contribution in [1.29, 1.82) is 0 Å². The molecule has 0 aromatic heterocycles. The number of rotatable bonds is 2. The van der Waals surface area contributed by atoms with Crippen LogP contribution < -0.4 is 5.73 Å². The molecule has 0 rings (SSSR count). The van der Waals surface area contributed by atoms with E-state index in [0.717, 1.165) is 0 Å². The van der Waals surface area contributed by atoms with Crippen molar-refractivity contribution < 1.29 is 14.7 Å². The zero-order valence-corrected chi connectivity index (χ0v) is 8.00. The Kier molecular flexibility index (Phi) is 7.73. The zero-order chi connectivity index (χ0) is 10.3. The maximum atomic E-state index is 10.0. The van der Waals surface area contributed by atoms with Crippen molar-refractivity contribution in [1.82, 2.24) is 0 Å². The molecule has 4 heteroatoms. The van der Waals surface area contributed by atoms with Gasteiger partial charge in [0.15, 0.2) is 0 Å². The Morgan fingerprint density at radius 3 is 1.50 bits per heavy atom. The van der Waals surface area contributed by atoms with Crippen LogP contribution in [-0.2, 0) is 9.59 Å². The van der Waals surface area contributed by atoms with Gasteiger partial charge in [-0.05, 0) is 19.8 Å². The fourth-order valence-electron chi connectivity index (χ4n) is 0.285. The molecular formula is C8H17NO3. The first-order valence-electron chi connectivity index (χ1n) is 3.74. The minimum absolute atomic E-state index is 0.0208. The molecule has 72 valence electrons. The van der Waals surface area contributed by atoms with Crippen LogP contribution in [0.15, 0.2) is 0 Å². The molecule has 0 aromatic rings. The van der Waals surface area contributed by atoms with E-state index in [2.05, 4.69) is 0 Å². The second-order valence-corrected chi connectivity index (χ2v) is 3.02. The molecule has 0 amide bonds. The Hall–Kier alpha value is -0.900. The summed E-state index contributed by atoms with van der Waals surface area (Å²) in [7, 11) is 0. The smallest absolute Gasteiger partial charge is 0.320 e. The van der Waals surface area contributed by atoms with E-state index in [1.165, 1.54) is 13.8 Å². The average molecular weight is 175 g/mol. The van der Waals surface area contributed by atoms with Crippen molar-refractivity contribution in [2.75, 3.05) is 0 Å². The lowest BCUT2D eigenvalue weighted by molar-refractivity contribution is -0.139. The third kappa shape index (κ3) is 11.8. The predicted octanol–water partition coefficient (Wildman–Crippen LogP) is 0.650. The highest BCUT2D eigenvalue weighted by molar-refractivity contribution is 5.73. The number of Topliss-reactive ketones (excluding diaryl/α,β-unsaturated/α-hetero) is 1. The topological polar surface area (TPSA) is 80.4 Å². The van der Waals surface area contributed by atoms with Crippen LogP contribution in [0.5, 0.6) is 0 Å². The fourth-order valence-corrected chi connectivity index (χ4v) is 0.285. The normalized spacial score (nSPS) is 11.5. The second kappa shape index (κ2) is 6.79. The maximum absolute atomic E-state index is 10.0. The summed E-state index contributed by atoms with van der Waals surface area (Å²) < 4.78 is 0. The molecule has 12 heavy (non-hydrogen) atoms. The molecule has 0 saturated carbocycles. The van der Waals surface area contributed by atoms with Crippen LogP contribution in [0.4, 0.5) is 0 Å². The third-order valence-electron chi connectivity index (χ3n) is 1.00. The van der Waals surface area contributed by atoms with E-state index in [1.54, 1.807) is 13.8 Å². The summed E-state index contributed by atoms with van der Waals surface area (Å²) in [6.45, 7) is 6.61. The van der Waals surface area contributed by atoms with Crippen molar-refractivity contribution in [2.24, 2.45) is 11.7 Å². The van der Waals surface area contributed by atoms with E-state index in [-0.39, 0.29) is 11.7 Å². The second-order valence-electron chi connectivity index (χ2n) is 3.02. The van der Waals surface area contributed by atoms with Gasteiger partial charge < -0.3 is 15.6 Å². The molecule has 4 nitrogen and oxygen atoms in total. The minimum Gasteiger partial charge on any atom is -0.480 e. The SMILES string of the molecule is CC(C)=O.CC(C)[C@@H](N)C(=O)O. The van der Waals surface area contributed by atoms with Gasteiger partial charge in [-0.3, -0.25) is 4.79 Å². The molecule has 0 aliphatic rings. The van der Waals surface area contributed by atoms with Crippen LogP contribution in [0.2, 0.25) is 0 Å². The third-order valence-corrected chi connectivity index (χ3v) is 1.00. The van der Waals surface area contributed by atoms with Crippen LogP contribution in [0, 0.1) is 5.92 Å². The van der Waals surface area contributed by atoms with Gasteiger partial charge in [-0.15, -0.1) is 0 Å². The number of carbonyl (C=O) groups excluding carboxylic acids is 1. The summed E-state index contributed by atoms with van der Waals surface area (Å²) in [5, 5.41) is 8.23. The Bertz CT molecular complexity index is 150. The molecular weight excluding hydrogens is 158 g/mol. The highest BCUT2D eigenvalue weighted by Gasteiger charge is 2.14. The van der Waals surface area contributed by atoms with Crippen molar-refractivity contribution >= 4 is 11.8 Å². The van der Waals surface area contributed by atoms with Gasteiger partial charge in [0.2, 0.25) is 0 Å². The van der Waals surface area contributed by atoms with Crippen LogP contribution in [-0.4, -0.2) is 22.9 Å². The summed E-state index contributed by atoms with van der Waals surface area (Å²) in [6.07, 6.45) is 0. The predicted molar refractivity (Wildman–Crippen MR) is 46.8 cm³/mol. The summed E-state index contributed by atoms with van der Waals surface area (Å²) >= 11 is 0. The van der Waals surface area contributed by atoms with E-state index in [0.29, 0.717) is 0 Å². The first-order valence-corrected chi connectivity index (χ1v) is 3.74. The molecule has 0 aliphatic heterocycles. The van der Waals surface area contributed by atoms with Crippen molar-refractivity contribution in [2.45, 2.75) is 33.7 Å². The molecule has 0 radical (unpaired) electrons. The number of hydrogen-bond acceptors (Lipinski definition) is 3. The molecule has 3 N–H and O–H groups in total. The average Bonchev–Trinajstić information content (AvgIpc) is 1.84. The molecule has 0 bridgehead atoms. The first-order chi connectivity index (χ1) is 5.29. The van der Waals surface area contributed by atoms with E-state index in [9.17, 15) is 9.59 Å². The number of carboxylic acid groups (broad SMARTS) is 1. The summed E-state index contributed by atoms with van der Waals surface area (Å²) in [5.41, 5.74) is 5.16. The lowest BCUT2D eigenvalue weighted by Crippen LogP contribution is -2.34. The van der Waals surface area contributed by atoms with Crippen LogP contribution >= 0.6 is 0 Å². The Labute approximate surface area is 72.8 Å². The molecule has 0 saturated heterocycles. The van der Waals surface area contributed by atoms with E-state index in [1.807, 2.05) is 0 Å². The number of aliphatic carboxylic acids is 1. The molecule has 0 spiro atoms. The van der Waals surface area contributed by atoms with Crippen molar-refractivity contribution in [3.8, 4) is 0 Å². The molecule has 1 atom stereocenters.